The van der Waals surface area contributed by atoms with Crippen molar-refractivity contribution in [3.8, 4) is 5.75 Å². The molecule has 1 amide bonds. The lowest BCUT2D eigenvalue weighted by atomic mass is 10.2. The van der Waals surface area contributed by atoms with Crippen molar-refractivity contribution in [1.29, 1.82) is 0 Å². The van der Waals surface area contributed by atoms with Crippen LogP contribution in [0.2, 0.25) is 10.0 Å². The molecule has 0 saturated carbocycles. The Balaban J connectivity index is 1.59. The second-order valence-corrected chi connectivity index (χ2v) is 9.21. The highest BCUT2D eigenvalue weighted by Crippen LogP contribution is 2.21. The lowest BCUT2D eigenvalue weighted by Crippen LogP contribution is -2.53. The van der Waals surface area contributed by atoms with Crippen LogP contribution in [0.1, 0.15) is 6.92 Å². The molecule has 0 unspecified atom stereocenters. The van der Waals surface area contributed by atoms with Gasteiger partial charge in [-0.3, -0.25) is 4.79 Å². The van der Waals surface area contributed by atoms with Gasteiger partial charge in [0.1, 0.15) is 5.75 Å². The van der Waals surface area contributed by atoms with E-state index in [-0.39, 0.29) is 23.9 Å². The number of ether oxygens (including phenoxy) is 1. The molecule has 1 atom stereocenters. The van der Waals surface area contributed by atoms with Gasteiger partial charge in [-0.05, 0) is 49.4 Å². The Bertz CT molecular complexity index is 943. The van der Waals surface area contributed by atoms with E-state index in [2.05, 4.69) is 0 Å². The van der Waals surface area contributed by atoms with Crippen molar-refractivity contribution in [3.05, 3.63) is 58.6 Å². The van der Waals surface area contributed by atoms with Gasteiger partial charge < -0.3 is 9.64 Å². The van der Waals surface area contributed by atoms with E-state index in [1.54, 1.807) is 48.2 Å². The number of nitrogens with zero attached hydrogens (tertiary/aromatic N) is 2. The molecule has 150 valence electrons. The molecule has 28 heavy (non-hydrogen) atoms. The molecule has 1 fully saturated rings. The molecule has 0 aromatic heterocycles. The lowest BCUT2D eigenvalue weighted by Gasteiger charge is -2.35. The Morgan fingerprint density at radius 3 is 2.25 bits per heavy atom. The predicted molar refractivity (Wildman–Crippen MR) is 108 cm³/mol. The summed E-state index contributed by atoms with van der Waals surface area (Å²) in [5.74, 6) is 0.320. The lowest BCUT2D eigenvalue weighted by molar-refractivity contribution is -0.139. The predicted octanol–water partition coefficient (Wildman–Crippen LogP) is 3.29. The molecular formula is C19H20Cl2N2O4S. The fourth-order valence-electron chi connectivity index (χ4n) is 2.96. The SMILES string of the molecule is C[C@H](Oc1cccc(Cl)c1)C(=O)N1CCN(S(=O)(=O)c2ccc(Cl)cc2)CC1. The minimum absolute atomic E-state index is 0.189. The average molecular weight is 443 g/mol. The van der Waals surface area contributed by atoms with Gasteiger partial charge in [-0.15, -0.1) is 0 Å². The standard InChI is InChI=1S/C19H20Cl2N2O4S/c1-14(27-17-4-2-3-16(21)13-17)19(24)22-9-11-23(12-10-22)28(25,26)18-7-5-15(20)6-8-18/h2-8,13-14H,9-12H2,1H3/t14-/m0/s1. The van der Waals surface area contributed by atoms with E-state index in [1.165, 1.54) is 16.4 Å². The van der Waals surface area contributed by atoms with Gasteiger partial charge in [0.15, 0.2) is 6.10 Å². The maximum atomic E-state index is 12.7. The minimum Gasteiger partial charge on any atom is -0.481 e. The maximum absolute atomic E-state index is 12.7. The molecule has 1 aliphatic heterocycles. The molecule has 0 N–H and O–H groups in total. The molecule has 2 aromatic carbocycles. The van der Waals surface area contributed by atoms with Gasteiger partial charge in [-0.2, -0.15) is 4.31 Å². The van der Waals surface area contributed by atoms with E-state index in [9.17, 15) is 13.2 Å². The number of carbonyl (C=O) groups is 1. The summed E-state index contributed by atoms with van der Waals surface area (Å²) in [6, 6.07) is 12.9. The summed E-state index contributed by atoms with van der Waals surface area (Å²) in [5.41, 5.74) is 0. The second kappa shape index (κ2) is 8.69. The van der Waals surface area contributed by atoms with E-state index in [0.29, 0.717) is 28.9 Å². The highest BCUT2D eigenvalue weighted by molar-refractivity contribution is 7.89. The van der Waals surface area contributed by atoms with Crippen LogP contribution < -0.4 is 4.74 Å². The quantitative estimate of drug-likeness (QED) is 0.712. The fourth-order valence-corrected chi connectivity index (χ4v) is 4.68. The largest absolute Gasteiger partial charge is 0.481 e. The molecule has 0 bridgehead atoms. The number of hydrogen-bond donors (Lipinski definition) is 0. The van der Waals surface area contributed by atoms with Crippen molar-refractivity contribution in [1.82, 2.24) is 9.21 Å². The second-order valence-electron chi connectivity index (χ2n) is 6.40. The molecule has 1 heterocycles. The van der Waals surface area contributed by atoms with E-state index >= 15 is 0 Å². The van der Waals surface area contributed by atoms with E-state index in [1.807, 2.05) is 0 Å². The summed E-state index contributed by atoms with van der Waals surface area (Å²) < 4.78 is 32.5. The van der Waals surface area contributed by atoms with Crippen LogP contribution in [0.5, 0.6) is 5.75 Å². The Hall–Kier alpha value is -1.80. The molecule has 2 aromatic rings. The smallest absolute Gasteiger partial charge is 0.263 e. The van der Waals surface area contributed by atoms with Crippen LogP contribution in [-0.4, -0.2) is 55.8 Å². The van der Waals surface area contributed by atoms with E-state index in [4.69, 9.17) is 27.9 Å². The van der Waals surface area contributed by atoms with E-state index in [0.717, 1.165) is 0 Å². The molecule has 0 radical (unpaired) electrons. The van der Waals surface area contributed by atoms with Crippen LogP contribution in [0.15, 0.2) is 53.4 Å². The first-order valence-electron chi connectivity index (χ1n) is 8.74. The molecule has 0 aliphatic carbocycles. The van der Waals surface area contributed by atoms with Gasteiger partial charge in [0.2, 0.25) is 10.0 Å². The maximum Gasteiger partial charge on any atom is 0.263 e. The summed E-state index contributed by atoms with van der Waals surface area (Å²) in [6.07, 6.45) is -0.696. The Morgan fingerprint density at radius 2 is 1.64 bits per heavy atom. The number of rotatable bonds is 5. The number of carbonyl (C=O) groups excluding carboxylic acids is 1. The molecule has 3 rings (SSSR count). The topological polar surface area (TPSA) is 66.9 Å². The van der Waals surface area contributed by atoms with Crippen LogP contribution in [-0.2, 0) is 14.8 Å². The first kappa shape index (κ1) is 20.9. The van der Waals surface area contributed by atoms with Crippen LogP contribution in [0.25, 0.3) is 0 Å². The van der Waals surface area contributed by atoms with Crippen molar-refractivity contribution >= 4 is 39.1 Å². The first-order valence-corrected chi connectivity index (χ1v) is 10.9. The molecule has 6 nitrogen and oxygen atoms in total. The zero-order chi connectivity index (χ0) is 20.3. The number of benzene rings is 2. The van der Waals surface area contributed by atoms with Gasteiger partial charge in [0.25, 0.3) is 5.91 Å². The number of sulfonamides is 1. The van der Waals surface area contributed by atoms with Crippen LogP contribution in [0.4, 0.5) is 0 Å². The summed E-state index contributed by atoms with van der Waals surface area (Å²) in [6.45, 7) is 2.71. The molecule has 1 saturated heterocycles. The molecule has 1 aliphatic rings. The fraction of sp³-hybridized carbons (Fsp3) is 0.316. The van der Waals surface area contributed by atoms with Crippen molar-refractivity contribution in [2.75, 3.05) is 26.2 Å². The third kappa shape index (κ3) is 4.78. The van der Waals surface area contributed by atoms with Gasteiger partial charge >= 0.3 is 0 Å². The minimum atomic E-state index is -3.61. The molecule has 0 spiro atoms. The zero-order valence-corrected chi connectivity index (χ0v) is 17.5. The Morgan fingerprint density at radius 1 is 1.00 bits per heavy atom. The van der Waals surface area contributed by atoms with Gasteiger partial charge in [-0.1, -0.05) is 29.3 Å². The summed E-state index contributed by atoms with van der Waals surface area (Å²) in [7, 11) is -3.61. The number of amides is 1. The van der Waals surface area contributed by atoms with Crippen molar-refractivity contribution in [2.45, 2.75) is 17.9 Å². The van der Waals surface area contributed by atoms with Crippen LogP contribution in [0, 0.1) is 0 Å². The number of halogens is 2. The van der Waals surface area contributed by atoms with Crippen molar-refractivity contribution in [2.24, 2.45) is 0 Å². The Labute approximate surface area is 174 Å². The summed E-state index contributed by atoms with van der Waals surface area (Å²) in [5, 5.41) is 1.00. The Kier molecular flexibility index (Phi) is 6.50. The molecular weight excluding hydrogens is 423 g/mol. The number of piperazine rings is 1. The number of hydrogen-bond acceptors (Lipinski definition) is 4. The van der Waals surface area contributed by atoms with Crippen molar-refractivity contribution < 1.29 is 17.9 Å². The average Bonchev–Trinajstić information content (AvgIpc) is 2.68. The van der Waals surface area contributed by atoms with Crippen molar-refractivity contribution in [3.63, 3.8) is 0 Å². The first-order chi connectivity index (χ1) is 13.3. The van der Waals surface area contributed by atoms with Crippen LogP contribution >= 0.6 is 23.2 Å². The summed E-state index contributed by atoms with van der Waals surface area (Å²) >= 11 is 11.8. The van der Waals surface area contributed by atoms with Gasteiger partial charge in [-0.25, -0.2) is 8.42 Å². The normalized spacial score (nSPS) is 16.6. The molecule has 9 heteroatoms. The van der Waals surface area contributed by atoms with E-state index < -0.39 is 16.1 Å². The summed E-state index contributed by atoms with van der Waals surface area (Å²) in [4.78, 5) is 14.4. The van der Waals surface area contributed by atoms with Gasteiger partial charge in [0.05, 0.1) is 4.90 Å². The third-order valence-electron chi connectivity index (χ3n) is 4.46. The monoisotopic (exact) mass is 442 g/mol. The third-order valence-corrected chi connectivity index (χ3v) is 6.86. The van der Waals surface area contributed by atoms with Gasteiger partial charge in [0, 0.05) is 36.2 Å². The highest BCUT2D eigenvalue weighted by atomic mass is 35.5. The highest BCUT2D eigenvalue weighted by Gasteiger charge is 2.32. The van der Waals surface area contributed by atoms with Crippen LogP contribution in [0.3, 0.4) is 0 Å². The zero-order valence-electron chi connectivity index (χ0n) is 15.2.